The van der Waals surface area contributed by atoms with Gasteiger partial charge in [0.2, 0.25) is 0 Å². The second-order valence-corrected chi connectivity index (χ2v) is 6.02. The van der Waals surface area contributed by atoms with Crippen LogP contribution in [0.15, 0.2) is 24.3 Å². The summed E-state index contributed by atoms with van der Waals surface area (Å²) in [6.07, 6.45) is 5.47. The predicted octanol–water partition coefficient (Wildman–Crippen LogP) is 3.17. The summed E-state index contributed by atoms with van der Waals surface area (Å²) < 4.78 is 5.14. The van der Waals surface area contributed by atoms with Crippen molar-refractivity contribution in [1.82, 2.24) is 5.32 Å². The molecule has 2 saturated carbocycles. The summed E-state index contributed by atoms with van der Waals surface area (Å²) in [6.45, 7) is 0. The van der Waals surface area contributed by atoms with Crippen molar-refractivity contribution < 1.29 is 4.74 Å². The maximum Gasteiger partial charge on any atom is 0.171 e. The molecule has 2 aliphatic rings. The Morgan fingerprint density at radius 1 is 1.21 bits per heavy atom. The molecule has 0 aliphatic heterocycles. The zero-order valence-electron chi connectivity index (χ0n) is 11.2. The Morgan fingerprint density at radius 3 is 2.58 bits per heavy atom. The quantitative estimate of drug-likeness (QED) is 0.831. The molecule has 3 atom stereocenters. The highest BCUT2D eigenvalue weighted by Crippen LogP contribution is 2.44. The van der Waals surface area contributed by atoms with E-state index in [1.165, 1.54) is 25.7 Å². The van der Waals surface area contributed by atoms with E-state index in [1.807, 2.05) is 24.3 Å². The van der Waals surface area contributed by atoms with Crippen LogP contribution < -0.4 is 15.4 Å². The van der Waals surface area contributed by atoms with E-state index < -0.39 is 0 Å². The number of ether oxygens (including phenoxy) is 1. The lowest BCUT2D eigenvalue weighted by Crippen LogP contribution is -2.40. The van der Waals surface area contributed by atoms with Gasteiger partial charge in [0.05, 0.1) is 7.11 Å². The van der Waals surface area contributed by atoms with Crippen LogP contribution in [-0.2, 0) is 0 Å². The van der Waals surface area contributed by atoms with Crippen LogP contribution in [-0.4, -0.2) is 18.3 Å². The molecule has 0 radical (unpaired) electrons. The van der Waals surface area contributed by atoms with Crippen LogP contribution in [0, 0.1) is 11.8 Å². The SMILES string of the molecule is COc1ccc(NC(=S)N[C@H]2C[C@H]3CC[C@@H]2C3)cc1. The first-order valence-corrected chi connectivity index (χ1v) is 7.37. The Balaban J connectivity index is 1.53. The summed E-state index contributed by atoms with van der Waals surface area (Å²) in [5, 5.41) is 7.46. The van der Waals surface area contributed by atoms with Crippen molar-refractivity contribution in [3.05, 3.63) is 24.3 Å². The molecule has 0 spiro atoms. The highest BCUT2D eigenvalue weighted by atomic mass is 32.1. The molecule has 0 heterocycles. The van der Waals surface area contributed by atoms with Crippen LogP contribution in [0.2, 0.25) is 0 Å². The molecule has 3 nitrogen and oxygen atoms in total. The van der Waals surface area contributed by atoms with Crippen molar-refractivity contribution in [3.8, 4) is 5.75 Å². The molecule has 0 unspecified atom stereocenters. The van der Waals surface area contributed by atoms with Crippen molar-refractivity contribution in [2.75, 3.05) is 12.4 Å². The minimum Gasteiger partial charge on any atom is -0.497 e. The third-order valence-corrected chi connectivity index (χ3v) is 4.62. The molecule has 2 bridgehead atoms. The van der Waals surface area contributed by atoms with Crippen molar-refractivity contribution in [1.29, 1.82) is 0 Å². The van der Waals surface area contributed by atoms with E-state index in [1.54, 1.807) is 7.11 Å². The van der Waals surface area contributed by atoms with Gasteiger partial charge in [-0.15, -0.1) is 0 Å². The van der Waals surface area contributed by atoms with Gasteiger partial charge in [-0.2, -0.15) is 0 Å². The second kappa shape index (κ2) is 5.37. The number of benzene rings is 1. The van der Waals surface area contributed by atoms with Crippen molar-refractivity contribution in [2.45, 2.75) is 31.7 Å². The molecular formula is C15H20N2OS. The van der Waals surface area contributed by atoms with E-state index in [2.05, 4.69) is 10.6 Å². The van der Waals surface area contributed by atoms with E-state index in [-0.39, 0.29) is 0 Å². The molecular weight excluding hydrogens is 256 g/mol. The highest BCUT2D eigenvalue weighted by molar-refractivity contribution is 7.80. The van der Waals surface area contributed by atoms with Crippen LogP contribution in [0.5, 0.6) is 5.75 Å². The average molecular weight is 276 g/mol. The molecule has 4 heteroatoms. The van der Waals surface area contributed by atoms with Crippen molar-refractivity contribution in [3.63, 3.8) is 0 Å². The Kier molecular flexibility index (Phi) is 3.60. The highest BCUT2D eigenvalue weighted by Gasteiger charge is 2.39. The van der Waals surface area contributed by atoms with Gasteiger partial charge in [-0.3, -0.25) is 0 Å². The number of thiocarbonyl (C=S) groups is 1. The van der Waals surface area contributed by atoms with Gasteiger partial charge < -0.3 is 15.4 Å². The van der Waals surface area contributed by atoms with Crippen LogP contribution in [0.25, 0.3) is 0 Å². The lowest BCUT2D eigenvalue weighted by molar-refractivity contribution is 0.392. The van der Waals surface area contributed by atoms with E-state index in [0.29, 0.717) is 6.04 Å². The number of hydrogen-bond donors (Lipinski definition) is 2. The molecule has 1 aromatic rings. The maximum atomic E-state index is 5.40. The molecule has 0 amide bonds. The van der Waals surface area contributed by atoms with E-state index >= 15 is 0 Å². The zero-order valence-corrected chi connectivity index (χ0v) is 12.0. The maximum absolute atomic E-state index is 5.40. The van der Waals surface area contributed by atoms with E-state index in [0.717, 1.165) is 28.4 Å². The van der Waals surface area contributed by atoms with Gasteiger partial charge in [-0.1, -0.05) is 6.42 Å². The lowest BCUT2D eigenvalue weighted by atomic mass is 9.96. The second-order valence-electron chi connectivity index (χ2n) is 5.61. The normalized spacial score (nSPS) is 28.2. The summed E-state index contributed by atoms with van der Waals surface area (Å²) in [7, 11) is 1.67. The van der Waals surface area contributed by atoms with Crippen LogP contribution in [0.4, 0.5) is 5.69 Å². The third kappa shape index (κ3) is 2.84. The number of hydrogen-bond acceptors (Lipinski definition) is 2. The smallest absolute Gasteiger partial charge is 0.171 e. The van der Waals surface area contributed by atoms with Gasteiger partial charge in [0.1, 0.15) is 5.75 Å². The topological polar surface area (TPSA) is 33.3 Å². The molecule has 2 fully saturated rings. The first kappa shape index (κ1) is 12.7. The van der Waals surface area contributed by atoms with Gasteiger partial charge in [0.15, 0.2) is 5.11 Å². The first-order valence-electron chi connectivity index (χ1n) is 6.96. The number of rotatable bonds is 3. The van der Waals surface area contributed by atoms with E-state index in [9.17, 15) is 0 Å². The van der Waals surface area contributed by atoms with Gasteiger partial charge in [0.25, 0.3) is 0 Å². The summed E-state index contributed by atoms with van der Waals surface area (Å²) in [6, 6.07) is 8.41. The minimum absolute atomic E-state index is 0.581. The molecule has 0 saturated heterocycles. The summed E-state index contributed by atoms with van der Waals surface area (Å²) in [5.41, 5.74) is 1.00. The Bertz CT molecular complexity index is 460. The van der Waals surface area contributed by atoms with Crippen LogP contribution >= 0.6 is 12.2 Å². The van der Waals surface area contributed by atoms with Crippen molar-refractivity contribution >= 4 is 23.0 Å². The van der Waals surface area contributed by atoms with Crippen LogP contribution in [0.3, 0.4) is 0 Å². The summed E-state index contributed by atoms with van der Waals surface area (Å²) in [5.74, 6) is 2.63. The molecule has 3 rings (SSSR count). The summed E-state index contributed by atoms with van der Waals surface area (Å²) in [4.78, 5) is 0. The predicted molar refractivity (Wildman–Crippen MR) is 81.6 cm³/mol. The van der Waals surface area contributed by atoms with Crippen LogP contribution in [0.1, 0.15) is 25.7 Å². The number of methoxy groups -OCH3 is 1. The first-order chi connectivity index (χ1) is 9.24. The molecule has 1 aromatic carbocycles. The zero-order chi connectivity index (χ0) is 13.2. The third-order valence-electron chi connectivity index (χ3n) is 4.40. The Morgan fingerprint density at radius 2 is 2.00 bits per heavy atom. The average Bonchev–Trinajstić information content (AvgIpc) is 3.02. The van der Waals surface area contributed by atoms with Gasteiger partial charge in [-0.25, -0.2) is 0 Å². The fraction of sp³-hybridized carbons (Fsp3) is 0.533. The molecule has 102 valence electrons. The largest absolute Gasteiger partial charge is 0.497 e. The Labute approximate surface area is 119 Å². The van der Waals surface area contributed by atoms with Crippen molar-refractivity contribution in [2.24, 2.45) is 11.8 Å². The van der Waals surface area contributed by atoms with Gasteiger partial charge in [-0.05, 0) is 67.6 Å². The van der Waals surface area contributed by atoms with Gasteiger partial charge in [0, 0.05) is 11.7 Å². The Hall–Kier alpha value is -1.29. The summed E-state index contributed by atoms with van der Waals surface area (Å²) >= 11 is 5.40. The lowest BCUT2D eigenvalue weighted by Gasteiger charge is -2.24. The standard InChI is InChI=1S/C15H20N2OS/c1-18-13-6-4-12(5-7-13)16-15(19)17-14-9-10-2-3-11(14)8-10/h4-7,10-11,14H,2-3,8-9H2,1H3,(H2,16,17,19)/t10-,11+,14-/m0/s1. The monoisotopic (exact) mass is 276 g/mol. The van der Waals surface area contributed by atoms with E-state index in [4.69, 9.17) is 17.0 Å². The van der Waals surface area contributed by atoms with Gasteiger partial charge >= 0.3 is 0 Å². The number of nitrogens with one attached hydrogen (secondary N) is 2. The molecule has 2 aliphatic carbocycles. The fourth-order valence-corrected chi connectivity index (χ4v) is 3.70. The fourth-order valence-electron chi connectivity index (χ4n) is 3.43. The molecule has 19 heavy (non-hydrogen) atoms. The minimum atomic E-state index is 0.581. The number of fused-ring (bicyclic) bond motifs is 2. The molecule has 2 N–H and O–H groups in total. The number of anilines is 1. The molecule has 0 aromatic heterocycles.